The molecule has 134 valence electrons. The van der Waals surface area contributed by atoms with Gasteiger partial charge in [-0.25, -0.2) is 0 Å². The summed E-state index contributed by atoms with van der Waals surface area (Å²) in [5, 5.41) is 11.3. The third-order valence-corrected chi connectivity index (χ3v) is 2.98. The van der Waals surface area contributed by atoms with Crippen molar-refractivity contribution < 1.29 is 37.3 Å². The molecule has 1 amide bonds. The number of carbonyl (C=O) groups excluding carboxylic acids is 1. The summed E-state index contributed by atoms with van der Waals surface area (Å²) in [5.41, 5.74) is -2.05. The lowest BCUT2D eigenvalue weighted by Gasteiger charge is -2.28. The van der Waals surface area contributed by atoms with Gasteiger partial charge in [0.1, 0.15) is 5.75 Å². The number of carboxylic acids is 1. The monoisotopic (exact) mass is 349 g/mol. The van der Waals surface area contributed by atoms with Crippen LogP contribution in [0.2, 0.25) is 0 Å². The first-order chi connectivity index (χ1) is 11.1. The highest BCUT2D eigenvalue weighted by molar-refractivity contribution is 5.79. The minimum atomic E-state index is -4.51. The van der Waals surface area contributed by atoms with Crippen LogP contribution in [0.25, 0.3) is 0 Å². The number of nitrogens with one attached hydrogen (secondary N) is 1. The van der Waals surface area contributed by atoms with Crippen molar-refractivity contribution >= 4 is 11.9 Å². The Bertz CT molecular complexity index is 591. The van der Waals surface area contributed by atoms with Crippen molar-refractivity contribution in [3.8, 4) is 5.75 Å². The summed E-state index contributed by atoms with van der Waals surface area (Å²) < 4.78 is 47.7. The largest absolute Gasteiger partial charge is 0.484 e. The van der Waals surface area contributed by atoms with Gasteiger partial charge in [0.15, 0.2) is 6.61 Å². The lowest BCUT2D eigenvalue weighted by atomic mass is 9.99. The number of rotatable bonds is 8. The van der Waals surface area contributed by atoms with E-state index in [0.29, 0.717) is 0 Å². The Hall–Kier alpha value is -2.29. The Labute approximate surface area is 136 Å². The lowest BCUT2D eigenvalue weighted by molar-refractivity contribution is -0.140. The summed E-state index contributed by atoms with van der Waals surface area (Å²) in [4.78, 5) is 22.7. The Morgan fingerprint density at radius 2 is 1.96 bits per heavy atom. The van der Waals surface area contributed by atoms with Crippen LogP contribution < -0.4 is 10.1 Å². The molecule has 0 aliphatic heterocycles. The molecule has 0 saturated heterocycles. The topological polar surface area (TPSA) is 84.9 Å². The standard InChI is InChI=1S/C15H18F3NO5/c1-14(9-23-2,7-13(21)22)19-12(20)8-24-11-5-3-4-10(6-11)15(16,17)18/h3-6H,7-9H2,1-2H3,(H,19,20)(H,21,22). The molecular formula is C15H18F3NO5. The Kier molecular flexibility index (Phi) is 6.59. The van der Waals surface area contributed by atoms with Crippen LogP contribution in [-0.4, -0.2) is 42.8 Å². The second kappa shape index (κ2) is 8.00. The van der Waals surface area contributed by atoms with E-state index in [1.807, 2.05) is 0 Å². The van der Waals surface area contributed by atoms with Crippen LogP contribution in [0, 0.1) is 0 Å². The highest BCUT2D eigenvalue weighted by atomic mass is 19.4. The van der Waals surface area contributed by atoms with Crippen molar-refractivity contribution in [2.24, 2.45) is 0 Å². The smallest absolute Gasteiger partial charge is 0.416 e. The van der Waals surface area contributed by atoms with Crippen LogP contribution in [0.5, 0.6) is 5.75 Å². The van der Waals surface area contributed by atoms with Gasteiger partial charge in [0, 0.05) is 7.11 Å². The van der Waals surface area contributed by atoms with Gasteiger partial charge in [-0.15, -0.1) is 0 Å². The third-order valence-electron chi connectivity index (χ3n) is 2.98. The molecule has 0 saturated carbocycles. The Morgan fingerprint density at radius 1 is 1.29 bits per heavy atom. The Morgan fingerprint density at radius 3 is 2.50 bits per heavy atom. The summed E-state index contributed by atoms with van der Waals surface area (Å²) in [6.45, 7) is 0.877. The molecule has 0 spiro atoms. The molecule has 1 atom stereocenters. The quantitative estimate of drug-likeness (QED) is 0.751. The highest BCUT2D eigenvalue weighted by Gasteiger charge is 2.31. The van der Waals surface area contributed by atoms with Gasteiger partial charge in [-0.3, -0.25) is 9.59 Å². The maximum Gasteiger partial charge on any atom is 0.416 e. The average molecular weight is 349 g/mol. The molecule has 0 aromatic heterocycles. The fourth-order valence-electron chi connectivity index (χ4n) is 2.07. The summed E-state index contributed by atoms with van der Waals surface area (Å²) >= 11 is 0. The van der Waals surface area contributed by atoms with Crippen molar-refractivity contribution in [2.75, 3.05) is 20.3 Å². The molecule has 0 bridgehead atoms. The van der Waals surface area contributed by atoms with Crippen molar-refractivity contribution in [1.82, 2.24) is 5.32 Å². The minimum Gasteiger partial charge on any atom is -0.484 e. The zero-order valence-corrected chi connectivity index (χ0v) is 13.1. The number of carbonyl (C=O) groups is 2. The van der Waals surface area contributed by atoms with Gasteiger partial charge in [-0.2, -0.15) is 13.2 Å². The predicted octanol–water partition coefficient (Wildman–Crippen LogP) is 2.08. The minimum absolute atomic E-state index is 0.0470. The second-order valence-electron chi connectivity index (χ2n) is 5.43. The van der Waals surface area contributed by atoms with Crippen molar-refractivity contribution in [3.05, 3.63) is 29.8 Å². The van der Waals surface area contributed by atoms with E-state index in [9.17, 15) is 22.8 Å². The SMILES string of the molecule is COCC(C)(CC(=O)O)NC(=O)COc1cccc(C(F)(F)F)c1. The van der Waals surface area contributed by atoms with Crippen LogP contribution in [0.1, 0.15) is 18.9 Å². The second-order valence-corrected chi connectivity index (χ2v) is 5.43. The fourth-order valence-corrected chi connectivity index (χ4v) is 2.07. The first kappa shape index (κ1) is 19.8. The van der Waals surface area contributed by atoms with Gasteiger partial charge in [0.05, 0.1) is 24.1 Å². The molecule has 0 radical (unpaired) electrons. The van der Waals surface area contributed by atoms with Crippen LogP contribution in [0.4, 0.5) is 13.2 Å². The molecule has 0 aliphatic carbocycles. The molecule has 24 heavy (non-hydrogen) atoms. The third kappa shape index (κ3) is 6.45. The van der Waals surface area contributed by atoms with Gasteiger partial charge >= 0.3 is 12.1 Å². The number of ether oxygens (including phenoxy) is 2. The summed E-state index contributed by atoms with van der Waals surface area (Å²) in [5.74, 6) is -1.92. The maximum atomic E-state index is 12.6. The van der Waals surface area contributed by atoms with E-state index in [1.165, 1.54) is 20.1 Å². The molecule has 0 fully saturated rings. The molecule has 1 rings (SSSR count). The van der Waals surface area contributed by atoms with E-state index in [1.54, 1.807) is 0 Å². The molecule has 1 unspecified atom stereocenters. The van der Waals surface area contributed by atoms with E-state index < -0.39 is 35.8 Å². The zero-order chi connectivity index (χ0) is 18.4. The van der Waals surface area contributed by atoms with Crippen LogP contribution in [-0.2, 0) is 20.5 Å². The number of carboxylic acid groups (broad SMARTS) is 1. The number of hydrogen-bond acceptors (Lipinski definition) is 4. The zero-order valence-electron chi connectivity index (χ0n) is 13.1. The van der Waals surface area contributed by atoms with E-state index in [-0.39, 0.29) is 18.8 Å². The molecular weight excluding hydrogens is 331 g/mol. The van der Waals surface area contributed by atoms with Crippen molar-refractivity contribution in [1.29, 1.82) is 0 Å². The van der Waals surface area contributed by atoms with Gasteiger partial charge in [-0.05, 0) is 25.1 Å². The molecule has 2 N–H and O–H groups in total. The molecule has 1 aromatic carbocycles. The van der Waals surface area contributed by atoms with E-state index >= 15 is 0 Å². The van der Waals surface area contributed by atoms with Crippen LogP contribution in [0.15, 0.2) is 24.3 Å². The van der Waals surface area contributed by atoms with E-state index in [4.69, 9.17) is 14.6 Å². The average Bonchev–Trinajstić information content (AvgIpc) is 2.43. The highest BCUT2D eigenvalue weighted by Crippen LogP contribution is 2.31. The normalized spacial score (nSPS) is 13.9. The Balaban J connectivity index is 2.67. The number of aliphatic carboxylic acids is 1. The summed E-state index contributed by atoms with van der Waals surface area (Å²) in [6, 6.07) is 4.11. The number of benzene rings is 1. The molecule has 1 aromatic rings. The summed E-state index contributed by atoms with van der Waals surface area (Å²) in [7, 11) is 1.35. The summed E-state index contributed by atoms with van der Waals surface area (Å²) in [6.07, 6.45) is -4.89. The van der Waals surface area contributed by atoms with Gasteiger partial charge in [0.25, 0.3) is 5.91 Å². The van der Waals surface area contributed by atoms with Crippen LogP contribution in [0.3, 0.4) is 0 Å². The van der Waals surface area contributed by atoms with Gasteiger partial charge in [0.2, 0.25) is 0 Å². The first-order valence-corrected chi connectivity index (χ1v) is 6.87. The number of halogens is 3. The van der Waals surface area contributed by atoms with E-state index in [0.717, 1.165) is 18.2 Å². The number of amides is 1. The number of alkyl halides is 3. The van der Waals surface area contributed by atoms with Gasteiger partial charge in [-0.1, -0.05) is 6.07 Å². The van der Waals surface area contributed by atoms with Crippen LogP contribution >= 0.6 is 0 Å². The molecule has 9 heteroatoms. The first-order valence-electron chi connectivity index (χ1n) is 6.87. The molecule has 0 aliphatic rings. The van der Waals surface area contributed by atoms with Crippen molar-refractivity contribution in [2.45, 2.75) is 25.1 Å². The number of methoxy groups -OCH3 is 1. The van der Waals surface area contributed by atoms with Gasteiger partial charge < -0.3 is 19.9 Å². The molecule has 6 nitrogen and oxygen atoms in total. The maximum absolute atomic E-state index is 12.6. The van der Waals surface area contributed by atoms with Crippen molar-refractivity contribution in [3.63, 3.8) is 0 Å². The van der Waals surface area contributed by atoms with E-state index in [2.05, 4.69) is 5.32 Å². The fraction of sp³-hybridized carbons (Fsp3) is 0.467. The molecule has 0 heterocycles. The number of hydrogen-bond donors (Lipinski definition) is 2. The predicted molar refractivity (Wildman–Crippen MR) is 77.6 cm³/mol. The lowest BCUT2D eigenvalue weighted by Crippen LogP contribution is -2.52.